The highest BCUT2D eigenvalue weighted by Crippen LogP contribution is 2.23. The lowest BCUT2D eigenvalue weighted by Crippen LogP contribution is -2.43. The van der Waals surface area contributed by atoms with Crippen LogP contribution in [-0.2, 0) is 19.4 Å². The van der Waals surface area contributed by atoms with E-state index in [0.717, 1.165) is 17.7 Å². The summed E-state index contributed by atoms with van der Waals surface area (Å²) < 4.78 is 26.4. The van der Waals surface area contributed by atoms with Crippen LogP contribution in [0, 0.1) is 11.6 Å². The molecular weight excluding hydrogens is 466 g/mol. The van der Waals surface area contributed by atoms with Gasteiger partial charge in [-0.2, -0.15) is 0 Å². The van der Waals surface area contributed by atoms with Gasteiger partial charge in [-0.1, -0.05) is 24.3 Å². The molecule has 0 aliphatic carbocycles. The molecule has 6 nitrogen and oxygen atoms in total. The summed E-state index contributed by atoms with van der Waals surface area (Å²) in [5, 5.41) is 35.7. The van der Waals surface area contributed by atoms with Crippen molar-refractivity contribution >= 4 is 5.91 Å². The molecule has 3 aromatic rings. The maximum atomic E-state index is 13.3. The predicted octanol–water partition coefficient (Wildman–Crippen LogP) is 3.78. The summed E-state index contributed by atoms with van der Waals surface area (Å²) in [5.74, 6) is -2.08. The quantitative estimate of drug-likeness (QED) is 0.277. The lowest BCUT2D eigenvalue weighted by atomic mass is 9.93. The van der Waals surface area contributed by atoms with Gasteiger partial charge in [-0.25, -0.2) is 8.78 Å². The Bertz CT molecular complexity index is 1200. The van der Waals surface area contributed by atoms with Gasteiger partial charge in [0.2, 0.25) is 0 Å². The van der Waals surface area contributed by atoms with Gasteiger partial charge in [0.25, 0.3) is 5.91 Å². The van der Waals surface area contributed by atoms with E-state index in [1.807, 2.05) is 19.9 Å². The summed E-state index contributed by atoms with van der Waals surface area (Å²) >= 11 is 0. The van der Waals surface area contributed by atoms with E-state index in [9.17, 15) is 28.9 Å². The molecular formula is C28H32F2N2O4. The highest BCUT2D eigenvalue weighted by Gasteiger charge is 2.21. The summed E-state index contributed by atoms with van der Waals surface area (Å²) in [6.45, 7) is 4.20. The molecule has 8 heteroatoms. The van der Waals surface area contributed by atoms with Gasteiger partial charge in [0.15, 0.2) is 11.6 Å². The molecule has 36 heavy (non-hydrogen) atoms. The Morgan fingerprint density at radius 1 is 1.00 bits per heavy atom. The summed E-state index contributed by atoms with van der Waals surface area (Å²) in [5.41, 5.74) is 2.56. The molecule has 0 fully saturated rings. The average Bonchev–Trinajstić information content (AvgIpc) is 2.85. The third kappa shape index (κ3) is 7.58. The van der Waals surface area contributed by atoms with Gasteiger partial charge < -0.3 is 26.0 Å². The van der Waals surface area contributed by atoms with Crippen LogP contribution in [0.2, 0.25) is 0 Å². The molecule has 5 N–H and O–H groups in total. The van der Waals surface area contributed by atoms with Crippen molar-refractivity contribution in [2.75, 3.05) is 13.1 Å². The second-order valence-corrected chi connectivity index (χ2v) is 9.46. The minimum absolute atomic E-state index is 0.0185. The molecule has 0 unspecified atom stereocenters. The summed E-state index contributed by atoms with van der Waals surface area (Å²) in [6, 6.07) is 15.6. The zero-order chi connectivity index (χ0) is 26.3. The Balaban J connectivity index is 1.53. The van der Waals surface area contributed by atoms with Crippen LogP contribution < -0.4 is 10.6 Å². The molecule has 3 aromatic carbocycles. The first-order valence-electron chi connectivity index (χ1n) is 11.7. The number of halogens is 2. The van der Waals surface area contributed by atoms with E-state index in [1.165, 1.54) is 12.1 Å². The number of β-amino-alcohol motifs (C(OH)–C–C–N with tert-alkyl or cyclic N) is 1. The molecule has 0 aromatic heterocycles. The van der Waals surface area contributed by atoms with Crippen LogP contribution in [0.1, 0.15) is 52.6 Å². The van der Waals surface area contributed by atoms with Crippen LogP contribution in [0.15, 0.2) is 60.7 Å². The predicted molar refractivity (Wildman–Crippen MR) is 134 cm³/mol. The summed E-state index contributed by atoms with van der Waals surface area (Å²) in [7, 11) is 0. The Morgan fingerprint density at radius 2 is 1.78 bits per heavy atom. The standard InChI is InChI=1S/C28H32F2N2O4/c1-28(2,32-16-26(35)20-7-9-25(34)22(14-20)17-33)15-19-4-3-5-21(12-19)27(36)31-11-10-18-6-8-23(29)24(30)13-18/h3-9,12-14,26,32-35H,10-11,15-17H2,1-2H3,(H,31,36)/t26-/m1/s1. The minimum atomic E-state index is -0.909. The van der Waals surface area contributed by atoms with E-state index in [-0.39, 0.29) is 31.4 Å². The first-order valence-corrected chi connectivity index (χ1v) is 11.7. The highest BCUT2D eigenvalue weighted by molar-refractivity contribution is 5.94. The monoisotopic (exact) mass is 498 g/mol. The molecule has 0 saturated heterocycles. The van der Waals surface area contributed by atoms with Crippen LogP contribution in [0.25, 0.3) is 0 Å². The fourth-order valence-electron chi connectivity index (χ4n) is 3.94. The largest absolute Gasteiger partial charge is 0.508 e. The van der Waals surface area contributed by atoms with Crippen molar-refractivity contribution in [3.63, 3.8) is 0 Å². The third-order valence-corrected chi connectivity index (χ3v) is 5.95. The van der Waals surface area contributed by atoms with Crippen molar-refractivity contribution in [2.24, 2.45) is 0 Å². The molecule has 0 spiro atoms. The molecule has 0 saturated carbocycles. The number of benzene rings is 3. The van der Waals surface area contributed by atoms with Crippen molar-refractivity contribution in [3.8, 4) is 5.75 Å². The Kier molecular flexibility index (Phi) is 9.14. The van der Waals surface area contributed by atoms with Crippen LogP contribution in [0.5, 0.6) is 5.75 Å². The lowest BCUT2D eigenvalue weighted by Gasteiger charge is -2.28. The van der Waals surface area contributed by atoms with E-state index in [4.69, 9.17) is 0 Å². The van der Waals surface area contributed by atoms with Gasteiger partial charge in [-0.3, -0.25) is 4.79 Å². The maximum absolute atomic E-state index is 13.3. The van der Waals surface area contributed by atoms with E-state index in [0.29, 0.717) is 35.1 Å². The molecule has 0 aliphatic heterocycles. The minimum Gasteiger partial charge on any atom is -0.508 e. The fourth-order valence-corrected chi connectivity index (χ4v) is 3.94. The van der Waals surface area contributed by atoms with E-state index >= 15 is 0 Å². The lowest BCUT2D eigenvalue weighted by molar-refractivity contribution is 0.0954. The number of hydrogen-bond donors (Lipinski definition) is 5. The number of rotatable bonds is 11. The van der Waals surface area contributed by atoms with Gasteiger partial charge in [-0.15, -0.1) is 0 Å². The molecule has 0 aliphatic rings. The molecule has 0 bridgehead atoms. The third-order valence-electron chi connectivity index (χ3n) is 5.95. The number of phenols is 1. The van der Waals surface area contributed by atoms with Crippen molar-refractivity contribution in [2.45, 2.75) is 44.9 Å². The van der Waals surface area contributed by atoms with E-state index in [2.05, 4.69) is 10.6 Å². The van der Waals surface area contributed by atoms with Gasteiger partial charge in [0, 0.05) is 29.8 Å². The van der Waals surface area contributed by atoms with Gasteiger partial charge in [0.05, 0.1) is 12.7 Å². The van der Waals surface area contributed by atoms with Gasteiger partial charge in [-0.05, 0) is 79.8 Å². The number of hydrogen-bond acceptors (Lipinski definition) is 5. The number of carbonyl (C=O) groups is 1. The van der Waals surface area contributed by atoms with Crippen molar-refractivity contribution in [1.82, 2.24) is 10.6 Å². The Hall–Kier alpha value is -3.33. The van der Waals surface area contributed by atoms with Crippen molar-refractivity contribution in [1.29, 1.82) is 0 Å². The Labute approximate surface area is 209 Å². The summed E-state index contributed by atoms with van der Waals surface area (Å²) in [6.07, 6.45) is 0.137. The number of aliphatic hydroxyl groups is 2. The van der Waals surface area contributed by atoms with Crippen molar-refractivity contribution in [3.05, 3.63) is 100 Å². The molecule has 3 rings (SSSR count). The molecule has 0 radical (unpaired) electrons. The number of aromatic hydroxyl groups is 1. The van der Waals surface area contributed by atoms with E-state index < -0.39 is 23.3 Å². The maximum Gasteiger partial charge on any atom is 0.251 e. The fraction of sp³-hybridized carbons (Fsp3) is 0.321. The van der Waals surface area contributed by atoms with E-state index in [1.54, 1.807) is 30.3 Å². The van der Waals surface area contributed by atoms with Crippen LogP contribution in [0.4, 0.5) is 8.78 Å². The molecule has 1 amide bonds. The number of carbonyl (C=O) groups excluding carboxylic acids is 1. The highest BCUT2D eigenvalue weighted by atomic mass is 19.2. The first-order chi connectivity index (χ1) is 17.1. The van der Waals surface area contributed by atoms with Crippen LogP contribution in [0.3, 0.4) is 0 Å². The Morgan fingerprint density at radius 3 is 2.50 bits per heavy atom. The van der Waals surface area contributed by atoms with Gasteiger partial charge >= 0.3 is 0 Å². The smallest absolute Gasteiger partial charge is 0.251 e. The first kappa shape index (κ1) is 27.3. The summed E-state index contributed by atoms with van der Waals surface area (Å²) in [4.78, 5) is 12.6. The topological polar surface area (TPSA) is 102 Å². The van der Waals surface area contributed by atoms with Crippen molar-refractivity contribution < 1.29 is 28.9 Å². The normalized spacial score (nSPS) is 12.4. The molecule has 192 valence electrons. The number of nitrogens with one attached hydrogen (secondary N) is 2. The number of amides is 1. The SMILES string of the molecule is CC(C)(Cc1cccc(C(=O)NCCc2ccc(F)c(F)c2)c1)NC[C@@H](O)c1ccc(O)c(CO)c1. The van der Waals surface area contributed by atoms with Crippen LogP contribution >= 0.6 is 0 Å². The van der Waals surface area contributed by atoms with Crippen LogP contribution in [-0.4, -0.2) is 39.9 Å². The molecule has 0 heterocycles. The zero-order valence-electron chi connectivity index (χ0n) is 20.4. The number of aliphatic hydroxyl groups excluding tert-OH is 2. The second kappa shape index (κ2) is 12.1. The zero-order valence-corrected chi connectivity index (χ0v) is 20.4. The second-order valence-electron chi connectivity index (χ2n) is 9.46. The molecule has 1 atom stereocenters. The van der Waals surface area contributed by atoms with Gasteiger partial charge in [0.1, 0.15) is 5.75 Å². The average molecular weight is 499 g/mol.